The fraction of sp³-hybridized carbons (Fsp3) is 0.489. The molecule has 4 aromatic rings. The Labute approximate surface area is 389 Å². The van der Waals surface area contributed by atoms with Crippen molar-refractivity contribution in [2.45, 2.75) is 115 Å². The van der Waals surface area contributed by atoms with Crippen LogP contribution in [0.1, 0.15) is 104 Å². The number of halogens is 2. The first-order chi connectivity index (χ1) is 31.1. The number of urea groups is 1. The van der Waals surface area contributed by atoms with Gasteiger partial charge in [-0.1, -0.05) is 33.8 Å². The molecule has 2 aromatic carbocycles. The second-order valence-corrected chi connectivity index (χ2v) is 21.3. The number of nitrogens with one attached hydrogen (secondary N) is 2. The third-order valence-corrected chi connectivity index (χ3v) is 14.9. The van der Waals surface area contributed by atoms with E-state index < -0.39 is 37.1 Å². The van der Waals surface area contributed by atoms with Gasteiger partial charge in [0.25, 0.3) is 6.26 Å². The Kier molecular flexibility index (Phi) is 19.4. The van der Waals surface area contributed by atoms with Crippen LogP contribution >= 0.6 is 0 Å². The number of primary sulfonamides is 1. The van der Waals surface area contributed by atoms with Gasteiger partial charge < -0.3 is 24.6 Å². The second-order valence-electron chi connectivity index (χ2n) is 17.5. The first kappa shape index (κ1) is 53.4. The number of nitrogens with zero attached hydrogens (tertiary/aromatic N) is 5. The van der Waals surface area contributed by atoms with Gasteiger partial charge in [0.2, 0.25) is 20.0 Å². The van der Waals surface area contributed by atoms with Crippen molar-refractivity contribution in [2.75, 3.05) is 38.6 Å². The third kappa shape index (κ3) is 14.9. The summed E-state index contributed by atoms with van der Waals surface area (Å²) in [6.07, 6.45) is 10.2. The molecule has 2 fully saturated rings. The summed E-state index contributed by atoms with van der Waals surface area (Å²) in [4.78, 5) is 25.5. The van der Waals surface area contributed by atoms with Gasteiger partial charge in [-0.05, 0) is 133 Å². The van der Waals surface area contributed by atoms with Gasteiger partial charge in [-0.25, -0.2) is 40.3 Å². The molecule has 0 atom stereocenters. The average molecular weight is 955 g/mol. The number of nitrogens with two attached hydrogens (primary N) is 1. The van der Waals surface area contributed by atoms with Crippen LogP contribution in [0.25, 0.3) is 22.3 Å². The molecule has 0 saturated carbocycles. The Morgan fingerprint density at radius 2 is 1.30 bits per heavy atom. The molecule has 2 aliphatic heterocycles. The van der Waals surface area contributed by atoms with Crippen LogP contribution in [0, 0.1) is 23.2 Å². The zero-order valence-electron chi connectivity index (χ0n) is 39.2. The van der Waals surface area contributed by atoms with Crippen LogP contribution in [-0.2, 0) is 20.0 Å². The lowest BCUT2D eigenvalue weighted by Gasteiger charge is -2.34. The van der Waals surface area contributed by atoms with E-state index >= 15 is 0 Å². The molecule has 4 heterocycles. The van der Waals surface area contributed by atoms with Crippen molar-refractivity contribution in [1.29, 1.82) is 5.26 Å². The van der Waals surface area contributed by atoms with Crippen LogP contribution in [-0.4, -0.2) is 98.5 Å². The summed E-state index contributed by atoms with van der Waals surface area (Å²) in [5.74, 6) is -0.0508. The molecule has 2 aliphatic rings. The van der Waals surface area contributed by atoms with Gasteiger partial charge in [0.15, 0.2) is 5.75 Å². The Morgan fingerprint density at radius 3 is 1.79 bits per heavy atom. The number of likely N-dealkylation sites (tertiary alicyclic amines) is 2. The summed E-state index contributed by atoms with van der Waals surface area (Å²) in [7, 11) is -5.68. The molecule has 2 saturated heterocycles. The van der Waals surface area contributed by atoms with E-state index in [1.165, 1.54) is 43.8 Å². The highest BCUT2D eigenvalue weighted by Crippen LogP contribution is 2.39. The third-order valence-electron chi connectivity index (χ3n) is 11.6. The zero-order valence-corrected chi connectivity index (χ0v) is 40.8. The number of hydrogen-bond donors (Lipinski definition) is 3. The largest absolute Gasteiger partial charge is 0.495 e. The molecule has 2 aromatic heterocycles. The maximum Gasteiger partial charge on any atom is 0.332 e. The molecule has 0 radical (unpaired) electrons. The Balaban J connectivity index is 0.000000248. The van der Waals surface area contributed by atoms with Crippen molar-refractivity contribution >= 4 is 31.8 Å². The number of anilines is 1. The smallest absolute Gasteiger partial charge is 0.332 e. The molecule has 0 unspecified atom stereocenters. The van der Waals surface area contributed by atoms with Crippen molar-refractivity contribution in [2.24, 2.45) is 5.14 Å². The molecule has 19 heteroatoms. The maximum atomic E-state index is 14.5. The number of benzene rings is 2. The number of carbonyl (C=O) groups excluding carboxylic acids is 1. The van der Waals surface area contributed by atoms with Gasteiger partial charge in [-0.15, -0.1) is 5.26 Å². The lowest BCUT2D eigenvalue weighted by molar-refractivity contribution is 0.186. The fourth-order valence-electron chi connectivity index (χ4n) is 7.84. The van der Waals surface area contributed by atoms with Crippen molar-refractivity contribution < 1.29 is 39.9 Å². The Morgan fingerprint density at radius 1 is 0.773 bits per heavy atom. The number of aromatic nitrogens is 2. The molecular formula is C47H64F2N8O7S2. The lowest BCUT2D eigenvalue weighted by Crippen LogP contribution is -2.47. The number of hydrogen-bond acceptors (Lipinski definition) is 12. The number of carbonyl (C=O) groups is 1. The molecule has 0 aliphatic carbocycles. The number of methoxy groups -OCH3 is 1. The maximum absolute atomic E-state index is 14.5. The first-order valence-corrected chi connectivity index (χ1v) is 25.2. The van der Waals surface area contributed by atoms with Crippen molar-refractivity contribution in [3.63, 3.8) is 0 Å². The van der Waals surface area contributed by atoms with E-state index in [4.69, 9.17) is 19.9 Å². The number of piperidine rings is 2. The quantitative estimate of drug-likeness (QED) is 0.114. The number of pyridine rings is 2. The van der Waals surface area contributed by atoms with E-state index in [2.05, 4.69) is 57.5 Å². The van der Waals surface area contributed by atoms with Gasteiger partial charge >= 0.3 is 6.03 Å². The minimum Gasteiger partial charge on any atom is -0.495 e. The van der Waals surface area contributed by atoms with Crippen LogP contribution in [0.4, 0.5) is 19.3 Å². The standard InChI is InChI=1S/C24H33FN4O4S.C15H13FN2O.C8H18N2O2S/c1-15(2)21-11-18(25)12-22(17-10-19(33-5)14-26-13-17)23(21)27-24(30)28-34(31,32)20-6-8-29(9-7-20)16(3)4;1-10(2)13-6-12(16)7-14(15(13)19-9-17)11-4-3-5-18-8-11;1-7(2)10-5-3-8(4-6-10)13(9,11)12/h10-16,20H,6-9H2,1-5H3,(H2,27,28,30);3-8,10H,1-2H3;7-8H,3-6H2,1-2H3,(H2,9,11,12). The predicted molar refractivity (Wildman–Crippen MR) is 254 cm³/mol. The predicted octanol–water partition coefficient (Wildman–Crippen LogP) is 8.36. The normalized spacial score (nSPS) is 15.4. The molecule has 15 nitrogen and oxygen atoms in total. The van der Waals surface area contributed by atoms with Crippen molar-refractivity contribution in [1.82, 2.24) is 24.5 Å². The number of nitriles is 1. The highest BCUT2D eigenvalue weighted by atomic mass is 32.2. The van der Waals surface area contributed by atoms with Gasteiger partial charge in [0.1, 0.15) is 17.4 Å². The average Bonchev–Trinajstić information content (AvgIpc) is 3.27. The molecule has 0 spiro atoms. The van der Waals surface area contributed by atoms with E-state index in [0.717, 1.165) is 13.1 Å². The minimum absolute atomic E-state index is 0.0504. The molecule has 66 heavy (non-hydrogen) atoms. The summed E-state index contributed by atoms with van der Waals surface area (Å²) < 4.78 is 88.5. The summed E-state index contributed by atoms with van der Waals surface area (Å²) in [5.41, 5.74) is 3.70. The minimum atomic E-state index is -3.88. The van der Waals surface area contributed by atoms with Crippen LogP contribution in [0.5, 0.6) is 11.5 Å². The number of rotatable bonds is 12. The van der Waals surface area contributed by atoms with E-state index in [1.54, 1.807) is 36.8 Å². The molecule has 0 bridgehead atoms. The SMILES string of the molecule is CC(C)N1CCC(S(N)(=O)=O)CC1.CC(C)c1cc(F)cc(-c2cccnc2)c1OC#N.COc1cncc(-c2cc(F)cc(C(C)C)c2NC(=O)NS(=O)(=O)C2CCN(C(C)C)CC2)c1. The fourth-order valence-corrected chi connectivity index (χ4v) is 10.0. The van der Waals surface area contributed by atoms with Crippen LogP contribution in [0.3, 0.4) is 0 Å². The highest BCUT2D eigenvalue weighted by Gasteiger charge is 2.33. The molecule has 360 valence electrons. The molecule has 4 N–H and O–H groups in total. The number of sulfonamides is 2. The number of ether oxygens (including phenoxy) is 2. The zero-order chi connectivity index (χ0) is 48.9. The molecule has 6 rings (SSSR count). The van der Waals surface area contributed by atoms with Crippen LogP contribution < -0.4 is 24.7 Å². The van der Waals surface area contributed by atoms with Gasteiger partial charge in [-0.3, -0.25) is 9.97 Å². The Hall–Kier alpha value is -5.26. The van der Waals surface area contributed by atoms with E-state index in [9.17, 15) is 30.4 Å². The highest BCUT2D eigenvalue weighted by molar-refractivity contribution is 7.90. The summed E-state index contributed by atoms with van der Waals surface area (Å²) in [5, 5.41) is 15.6. The topological polar surface area (TPSA) is 210 Å². The van der Waals surface area contributed by atoms with E-state index in [0.29, 0.717) is 101 Å². The van der Waals surface area contributed by atoms with E-state index in [1.807, 2.05) is 27.7 Å². The van der Waals surface area contributed by atoms with Crippen molar-refractivity contribution in [3.8, 4) is 40.0 Å². The molecule has 2 amide bonds. The van der Waals surface area contributed by atoms with Gasteiger partial charge in [0, 0.05) is 58.5 Å². The van der Waals surface area contributed by atoms with Crippen molar-refractivity contribution in [3.05, 3.63) is 90.0 Å². The lowest BCUT2D eigenvalue weighted by atomic mass is 9.94. The summed E-state index contributed by atoms with van der Waals surface area (Å²) >= 11 is 0. The van der Waals surface area contributed by atoms with Crippen LogP contribution in [0.2, 0.25) is 0 Å². The van der Waals surface area contributed by atoms with Gasteiger partial charge in [0.05, 0.1) is 29.5 Å². The van der Waals surface area contributed by atoms with Crippen LogP contribution in [0.15, 0.2) is 67.3 Å². The molecular weight excluding hydrogens is 891 g/mol. The summed E-state index contributed by atoms with van der Waals surface area (Å²) in [6, 6.07) is 10.6. The Bertz CT molecular complexity index is 2510. The first-order valence-electron chi connectivity index (χ1n) is 22.0. The monoisotopic (exact) mass is 954 g/mol. The van der Waals surface area contributed by atoms with Gasteiger partial charge in [-0.2, -0.15) is 0 Å². The second kappa shape index (κ2) is 24.0. The van der Waals surface area contributed by atoms with E-state index in [-0.39, 0.29) is 22.9 Å². The summed E-state index contributed by atoms with van der Waals surface area (Å²) in [6.45, 7) is 19.0. The number of amides is 2.